The van der Waals surface area contributed by atoms with Gasteiger partial charge in [-0.2, -0.15) is 0 Å². The molecule has 6 rings (SSSR count). The van der Waals surface area contributed by atoms with Crippen LogP contribution in [0.1, 0.15) is 83.3 Å². The van der Waals surface area contributed by atoms with Gasteiger partial charge in [-0.25, -0.2) is 19.7 Å². The molecule has 9 heteroatoms. The van der Waals surface area contributed by atoms with Crippen molar-refractivity contribution in [3.05, 3.63) is 72.1 Å². The first-order valence-corrected chi connectivity index (χ1v) is 17.4. The zero-order valence-electron chi connectivity index (χ0n) is 28.6. The van der Waals surface area contributed by atoms with Crippen LogP contribution < -0.4 is 10.1 Å². The molecular formula is C39H47N5O4. The van der Waals surface area contributed by atoms with E-state index >= 15 is 0 Å². The molecule has 1 saturated carbocycles. The maximum Gasteiger partial charge on any atom is 0.410 e. The lowest BCUT2D eigenvalue weighted by Gasteiger charge is -2.34. The van der Waals surface area contributed by atoms with Crippen molar-refractivity contribution in [2.45, 2.75) is 97.1 Å². The van der Waals surface area contributed by atoms with Crippen LogP contribution in [0, 0.1) is 12.8 Å². The summed E-state index contributed by atoms with van der Waals surface area (Å²) in [6.07, 6.45) is 12.1. The predicted molar refractivity (Wildman–Crippen MR) is 188 cm³/mol. The molecule has 0 spiro atoms. The molecule has 0 bridgehead atoms. The van der Waals surface area contributed by atoms with Crippen LogP contribution in [0.2, 0.25) is 0 Å². The number of ether oxygens (including phenoxy) is 2. The molecule has 0 radical (unpaired) electrons. The van der Waals surface area contributed by atoms with E-state index < -0.39 is 5.60 Å². The number of carbonyl (C=O) groups is 2. The molecule has 1 atom stereocenters. The number of piperidine rings is 1. The van der Waals surface area contributed by atoms with Gasteiger partial charge < -0.3 is 19.7 Å². The second-order valence-electron chi connectivity index (χ2n) is 14.3. The highest BCUT2D eigenvalue weighted by Gasteiger charge is 2.28. The molecule has 1 aliphatic heterocycles. The Morgan fingerprint density at radius 3 is 2.56 bits per heavy atom. The van der Waals surface area contributed by atoms with Gasteiger partial charge in [0.1, 0.15) is 17.1 Å². The third-order valence-electron chi connectivity index (χ3n) is 9.24. The van der Waals surface area contributed by atoms with Gasteiger partial charge in [-0.1, -0.05) is 62.4 Å². The second-order valence-corrected chi connectivity index (χ2v) is 14.3. The fraction of sp³-hybridized carbons (Fsp3) is 0.462. The highest BCUT2D eigenvalue weighted by atomic mass is 16.6. The van der Waals surface area contributed by atoms with Crippen LogP contribution in [-0.2, 0) is 16.0 Å². The molecule has 4 aromatic rings. The number of nitrogens with zero attached hydrogens (tertiary/aromatic N) is 4. The quantitative estimate of drug-likeness (QED) is 0.192. The van der Waals surface area contributed by atoms with Gasteiger partial charge in [0.25, 0.3) is 0 Å². The first-order chi connectivity index (χ1) is 23.1. The largest absolute Gasteiger partial charge is 0.444 e. The van der Waals surface area contributed by atoms with Crippen LogP contribution in [0.25, 0.3) is 22.0 Å². The summed E-state index contributed by atoms with van der Waals surface area (Å²) >= 11 is 0. The normalized spacial score (nSPS) is 17.2. The molecule has 1 N–H and O–H groups in total. The van der Waals surface area contributed by atoms with E-state index in [2.05, 4.69) is 27.4 Å². The summed E-state index contributed by atoms with van der Waals surface area (Å²) in [5, 5.41) is 5.40. The number of aryl methyl sites for hydroxylation is 1. The number of carbonyl (C=O) groups excluding carboxylic acids is 2. The van der Waals surface area contributed by atoms with E-state index in [0.29, 0.717) is 60.9 Å². The summed E-state index contributed by atoms with van der Waals surface area (Å²) in [4.78, 5) is 41.5. The number of likely N-dealkylation sites (tertiary alicyclic amines) is 1. The summed E-state index contributed by atoms with van der Waals surface area (Å²) in [5.41, 5.74) is 2.86. The average Bonchev–Trinajstić information content (AvgIpc) is 3.06. The molecule has 48 heavy (non-hydrogen) atoms. The summed E-state index contributed by atoms with van der Waals surface area (Å²) < 4.78 is 12.2. The first-order valence-electron chi connectivity index (χ1n) is 17.4. The van der Waals surface area contributed by atoms with Gasteiger partial charge in [-0.05, 0) is 81.2 Å². The topological polar surface area (TPSA) is 107 Å². The first kappa shape index (κ1) is 33.4. The minimum absolute atomic E-state index is 0.00628. The van der Waals surface area contributed by atoms with Crippen molar-refractivity contribution in [1.29, 1.82) is 0 Å². The van der Waals surface area contributed by atoms with Crippen molar-refractivity contribution in [3.8, 4) is 22.9 Å². The number of pyridine rings is 1. The van der Waals surface area contributed by atoms with Crippen LogP contribution in [0.15, 0.2) is 60.9 Å². The third kappa shape index (κ3) is 8.30. The highest BCUT2D eigenvalue weighted by Crippen LogP contribution is 2.38. The zero-order chi connectivity index (χ0) is 33.7. The highest BCUT2D eigenvalue weighted by molar-refractivity contribution is 5.95. The lowest BCUT2D eigenvalue weighted by molar-refractivity contribution is -0.119. The number of rotatable bonds is 9. The molecular weight excluding hydrogens is 602 g/mol. The lowest BCUT2D eigenvalue weighted by atomic mass is 9.84. The van der Waals surface area contributed by atoms with Crippen molar-refractivity contribution in [3.63, 3.8) is 0 Å². The maximum absolute atomic E-state index is 13.1. The van der Waals surface area contributed by atoms with Gasteiger partial charge >= 0.3 is 6.09 Å². The van der Waals surface area contributed by atoms with Crippen molar-refractivity contribution in [2.75, 3.05) is 18.4 Å². The minimum atomic E-state index is -0.543. The number of Topliss-reactive ketones (excluding diaryl/α,β-unsaturated/α-hetero) is 1. The number of anilines is 1. The van der Waals surface area contributed by atoms with E-state index in [1.54, 1.807) is 17.3 Å². The SMILES string of the molecule is Cc1ccc2c(CC(=O)CC3CCCCC3)cccc2c1Oc1ncccc1-c1ccnc(N[C@H]2CCCN(C(=O)OC(C)(C)C)C2)n1. The summed E-state index contributed by atoms with van der Waals surface area (Å²) in [5.74, 6) is 2.46. The summed E-state index contributed by atoms with van der Waals surface area (Å²) in [6, 6.07) is 15.9. The van der Waals surface area contributed by atoms with E-state index in [9.17, 15) is 9.59 Å². The average molecular weight is 650 g/mol. The number of hydrogen-bond acceptors (Lipinski definition) is 8. The Morgan fingerprint density at radius 2 is 1.75 bits per heavy atom. The molecule has 2 aromatic carbocycles. The van der Waals surface area contributed by atoms with Crippen molar-refractivity contribution in [1.82, 2.24) is 19.9 Å². The molecule has 1 saturated heterocycles. The minimum Gasteiger partial charge on any atom is -0.444 e. The van der Waals surface area contributed by atoms with E-state index in [4.69, 9.17) is 14.5 Å². The van der Waals surface area contributed by atoms with E-state index in [-0.39, 0.29) is 12.1 Å². The van der Waals surface area contributed by atoms with E-state index in [0.717, 1.165) is 40.3 Å². The van der Waals surface area contributed by atoms with Gasteiger partial charge in [0.05, 0.1) is 11.3 Å². The smallest absolute Gasteiger partial charge is 0.410 e. The van der Waals surface area contributed by atoms with Gasteiger partial charge in [-0.15, -0.1) is 0 Å². The van der Waals surface area contributed by atoms with Crippen molar-refractivity contribution in [2.24, 2.45) is 5.92 Å². The Kier molecular flexibility index (Phi) is 10.2. The standard InChI is InChI=1S/C39H47N5O4/c1-26-17-18-31-28(24-30(45)23-27-11-6-5-7-12-27)13-8-15-32(31)35(26)47-36-33(16-9-20-40-36)34-19-21-41-37(43-34)42-29-14-10-22-44(25-29)38(46)48-39(2,3)4/h8-9,13,15-21,27,29H,5-7,10-12,14,22-25H2,1-4H3,(H,41,42,43)/t29-/m0/s1. The molecule has 2 aliphatic rings. The van der Waals surface area contributed by atoms with Crippen LogP contribution in [-0.4, -0.2) is 56.5 Å². The van der Waals surface area contributed by atoms with Crippen LogP contribution in [0.3, 0.4) is 0 Å². The Labute approximate surface area is 283 Å². The predicted octanol–water partition coefficient (Wildman–Crippen LogP) is 8.69. The number of nitrogens with one attached hydrogen (secondary N) is 1. The molecule has 1 amide bonds. The van der Waals surface area contributed by atoms with Crippen molar-refractivity contribution < 1.29 is 19.1 Å². The fourth-order valence-corrected chi connectivity index (χ4v) is 6.90. The third-order valence-corrected chi connectivity index (χ3v) is 9.24. The van der Waals surface area contributed by atoms with Gasteiger partial charge in [0.15, 0.2) is 0 Å². The number of amides is 1. The number of aromatic nitrogens is 3. The number of hydrogen-bond donors (Lipinski definition) is 1. The Morgan fingerprint density at radius 1 is 0.917 bits per heavy atom. The van der Waals surface area contributed by atoms with E-state index in [1.165, 1.54) is 32.1 Å². The second kappa shape index (κ2) is 14.7. The van der Waals surface area contributed by atoms with Gasteiger partial charge in [0.2, 0.25) is 11.8 Å². The van der Waals surface area contributed by atoms with Crippen LogP contribution in [0.5, 0.6) is 11.6 Å². The molecule has 1 aliphatic carbocycles. The Balaban J connectivity index is 1.20. The molecule has 9 nitrogen and oxygen atoms in total. The van der Waals surface area contributed by atoms with Gasteiger partial charge in [0, 0.05) is 49.8 Å². The fourth-order valence-electron chi connectivity index (χ4n) is 6.90. The summed E-state index contributed by atoms with van der Waals surface area (Å²) in [7, 11) is 0. The molecule has 252 valence electrons. The molecule has 0 unspecified atom stereocenters. The number of ketones is 1. The van der Waals surface area contributed by atoms with E-state index in [1.807, 2.05) is 64.1 Å². The molecule has 2 fully saturated rings. The van der Waals surface area contributed by atoms with Gasteiger partial charge in [-0.3, -0.25) is 4.79 Å². The Hall–Kier alpha value is -4.53. The maximum atomic E-state index is 13.1. The zero-order valence-corrected chi connectivity index (χ0v) is 28.6. The number of fused-ring (bicyclic) bond motifs is 1. The monoisotopic (exact) mass is 649 g/mol. The lowest BCUT2D eigenvalue weighted by Crippen LogP contribution is -2.47. The number of benzene rings is 2. The van der Waals surface area contributed by atoms with Crippen LogP contribution >= 0.6 is 0 Å². The van der Waals surface area contributed by atoms with Crippen molar-refractivity contribution >= 4 is 28.6 Å². The molecule has 3 heterocycles. The Bertz CT molecular complexity index is 1760. The molecule has 2 aromatic heterocycles. The van der Waals surface area contributed by atoms with Crippen LogP contribution in [0.4, 0.5) is 10.7 Å². The summed E-state index contributed by atoms with van der Waals surface area (Å²) in [6.45, 7) is 8.83.